The molecule has 0 atom stereocenters. The lowest BCUT2D eigenvalue weighted by Gasteiger charge is -2.34. The summed E-state index contributed by atoms with van der Waals surface area (Å²) in [5.41, 5.74) is -1.79. The largest absolute Gasteiger partial charge is 0.371 e. The van der Waals surface area contributed by atoms with Crippen molar-refractivity contribution in [3.8, 4) is 5.95 Å². The molecule has 8 nitrogen and oxygen atoms in total. The smallest absolute Gasteiger partial charge is 0.353 e. The summed E-state index contributed by atoms with van der Waals surface area (Å²) in [6.07, 6.45) is 5.46. The van der Waals surface area contributed by atoms with E-state index in [9.17, 15) is 13.6 Å². The number of nitrogens with one attached hydrogen (secondary N) is 1. The Labute approximate surface area is 136 Å². The summed E-state index contributed by atoms with van der Waals surface area (Å²) in [6, 6.07) is 1.59. The Balaban J connectivity index is 1.84. The van der Waals surface area contributed by atoms with Crippen LogP contribution in [0.1, 0.15) is 25.7 Å². The van der Waals surface area contributed by atoms with Gasteiger partial charge in [-0.1, -0.05) is 12.8 Å². The van der Waals surface area contributed by atoms with E-state index < -0.39 is 17.4 Å². The van der Waals surface area contributed by atoms with Crippen LogP contribution in [0.3, 0.4) is 0 Å². The molecule has 2 heterocycles. The number of aromatic nitrogens is 5. The molecule has 2 aromatic heterocycles. The maximum absolute atomic E-state index is 14.7. The second kappa shape index (κ2) is 6.19. The van der Waals surface area contributed by atoms with Gasteiger partial charge < -0.3 is 4.74 Å². The first-order valence-electron chi connectivity index (χ1n) is 7.42. The van der Waals surface area contributed by atoms with Crippen molar-refractivity contribution >= 4 is 11.9 Å². The molecule has 1 amide bonds. The van der Waals surface area contributed by atoms with E-state index >= 15 is 0 Å². The van der Waals surface area contributed by atoms with Gasteiger partial charge in [-0.25, -0.2) is 9.97 Å². The SMILES string of the molecule is COC1(C(F)(F)C(=O)Nc2ncnn2-c2ncccn2)CCCC1. The number of hydrogen-bond acceptors (Lipinski definition) is 6. The first-order chi connectivity index (χ1) is 11.5. The van der Waals surface area contributed by atoms with Crippen molar-refractivity contribution in [2.24, 2.45) is 0 Å². The summed E-state index contributed by atoms with van der Waals surface area (Å²) < 4.78 is 35.5. The maximum Gasteiger partial charge on any atom is 0.353 e. The molecule has 10 heteroatoms. The first kappa shape index (κ1) is 16.4. The van der Waals surface area contributed by atoms with Crippen LogP contribution in [-0.4, -0.2) is 49.3 Å². The number of anilines is 1. The predicted molar refractivity (Wildman–Crippen MR) is 78.7 cm³/mol. The van der Waals surface area contributed by atoms with Crippen molar-refractivity contribution in [3.63, 3.8) is 0 Å². The third-order valence-corrected chi connectivity index (χ3v) is 4.17. The van der Waals surface area contributed by atoms with Crippen molar-refractivity contribution in [1.29, 1.82) is 0 Å². The number of halogens is 2. The Bertz CT molecular complexity index is 715. The van der Waals surface area contributed by atoms with E-state index in [1.807, 2.05) is 0 Å². The van der Waals surface area contributed by atoms with Crippen LogP contribution in [-0.2, 0) is 9.53 Å². The fourth-order valence-corrected chi connectivity index (χ4v) is 2.85. The lowest BCUT2D eigenvalue weighted by molar-refractivity contribution is -0.195. The monoisotopic (exact) mass is 338 g/mol. The van der Waals surface area contributed by atoms with Gasteiger partial charge in [-0.2, -0.15) is 23.5 Å². The van der Waals surface area contributed by atoms with Crippen LogP contribution >= 0.6 is 0 Å². The number of rotatable bonds is 5. The topological polar surface area (TPSA) is 94.8 Å². The van der Waals surface area contributed by atoms with E-state index in [-0.39, 0.29) is 24.7 Å². The molecule has 0 spiro atoms. The summed E-state index contributed by atoms with van der Waals surface area (Å²) in [7, 11) is 1.20. The Morgan fingerprint density at radius 1 is 1.29 bits per heavy atom. The Hall–Kier alpha value is -2.49. The average molecular weight is 338 g/mol. The molecule has 24 heavy (non-hydrogen) atoms. The number of amides is 1. The highest BCUT2D eigenvalue weighted by atomic mass is 19.3. The molecule has 0 aliphatic heterocycles. The molecule has 1 N–H and O–H groups in total. The minimum absolute atomic E-state index is 0.107. The summed E-state index contributed by atoms with van der Waals surface area (Å²) in [5, 5.41) is 5.95. The van der Waals surface area contributed by atoms with Gasteiger partial charge in [-0.3, -0.25) is 10.1 Å². The number of nitrogens with zero attached hydrogens (tertiary/aromatic N) is 5. The van der Waals surface area contributed by atoms with E-state index in [0.717, 1.165) is 11.0 Å². The molecule has 1 fully saturated rings. The molecule has 1 aliphatic carbocycles. The maximum atomic E-state index is 14.7. The third-order valence-electron chi connectivity index (χ3n) is 4.17. The van der Waals surface area contributed by atoms with Crippen LogP contribution in [0.4, 0.5) is 14.7 Å². The number of alkyl halides is 2. The molecule has 0 saturated heterocycles. The number of methoxy groups -OCH3 is 1. The summed E-state index contributed by atoms with van der Waals surface area (Å²) in [5.74, 6) is -5.27. The second-order valence-electron chi connectivity index (χ2n) is 5.48. The second-order valence-corrected chi connectivity index (χ2v) is 5.48. The molecule has 3 rings (SSSR count). The van der Waals surface area contributed by atoms with E-state index in [1.165, 1.54) is 19.5 Å². The molecular formula is C14H16F2N6O2. The van der Waals surface area contributed by atoms with Crippen molar-refractivity contribution in [3.05, 3.63) is 24.8 Å². The number of carbonyl (C=O) groups excluding carboxylic acids is 1. The molecule has 0 bridgehead atoms. The normalized spacial score (nSPS) is 17.0. The number of ether oxygens (including phenoxy) is 1. The molecule has 1 saturated carbocycles. The summed E-state index contributed by atoms with van der Waals surface area (Å²) >= 11 is 0. The Morgan fingerprint density at radius 3 is 2.58 bits per heavy atom. The van der Waals surface area contributed by atoms with E-state index in [4.69, 9.17) is 4.74 Å². The Kier molecular flexibility index (Phi) is 4.22. The van der Waals surface area contributed by atoms with Crippen LogP contribution < -0.4 is 5.32 Å². The number of carbonyl (C=O) groups is 1. The average Bonchev–Trinajstić information content (AvgIpc) is 3.25. The lowest BCUT2D eigenvalue weighted by atomic mass is 9.92. The van der Waals surface area contributed by atoms with Gasteiger partial charge in [-0.15, -0.1) is 0 Å². The van der Waals surface area contributed by atoms with E-state index in [1.54, 1.807) is 6.07 Å². The van der Waals surface area contributed by atoms with Gasteiger partial charge in [-0.05, 0) is 18.9 Å². The van der Waals surface area contributed by atoms with Crippen molar-refractivity contribution in [2.45, 2.75) is 37.2 Å². The fourth-order valence-electron chi connectivity index (χ4n) is 2.85. The quantitative estimate of drug-likeness (QED) is 0.889. The third kappa shape index (κ3) is 2.62. The van der Waals surface area contributed by atoms with Gasteiger partial charge in [0.1, 0.15) is 11.9 Å². The molecule has 0 aromatic carbocycles. The molecular weight excluding hydrogens is 322 g/mol. The lowest BCUT2D eigenvalue weighted by Crippen LogP contribution is -2.55. The van der Waals surface area contributed by atoms with Crippen LogP contribution in [0.5, 0.6) is 0 Å². The van der Waals surface area contributed by atoms with Crippen LogP contribution in [0.15, 0.2) is 24.8 Å². The van der Waals surface area contributed by atoms with Crippen LogP contribution in [0.25, 0.3) is 5.95 Å². The zero-order valence-corrected chi connectivity index (χ0v) is 12.9. The molecule has 128 valence electrons. The minimum Gasteiger partial charge on any atom is -0.371 e. The summed E-state index contributed by atoms with van der Waals surface area (Å²) in [6.45, 7) is 0. The van der Waals surface area contributed by atoms with E-state index in [2.05, 4.69) is 25.4 Å². The predicted octanol–water partition coefficient (Wildman–Crippen LogP) is 1.59. The zero-order valence-electron chi connectivity index (χ0n) is 12.9. The Morgan fingerprint density at radius 2 is 1.96 bits per heavy atom. The van der Waals surface area contributed by atoms with Gasteiger partial charge in [0.25, 0.3) is 11.9 Å². The molecule has 2 aromatic rings. The van der Waals surface area contributed by atoms with Gasteiger partial charge in [0.2, 0.25) is 5.95 Å². The highest BCUT2D eigenvalue weighted by Crippen LogP contribution is 2.45. The van der Waals surface area contributed by atoms with Crippen molar-refractivity contribution in [1.82, 2.24) is 24.7 Å². The number of hydrogen-bond donors (Lipinski definition) is 1. The zero-order chi connectivity index (χ0) is 17.2. The molecule has 0 radical (unpaired) electrons. The summed E-state index contributed by atoms with van der Waals surface area (Å²) in [4.78, 5) is 23.9. The van der Waals surface area contributed by atoms with Gasteiger partial charge >= 0.3 is 5.92 Å². The highest BCUT2D eigenvalue weighted by molar-refractivity contribution is 5.96. The van der Waals surface area contributed by atoms with Crippen molar-refractivity contribution in [2.75, 3.05) is 12.4 Å². The fraction of sp³-hybridized carbons (Fsp3) is 0.500. The first-order valence-corrected chi connectivity index (χ1v) is 7.42. The molecule has 0 unspecified atom stereocenters. The highest BCUT2D eigenvalue weighted by Gasteiger charge is 2.60. The van der Waals surface area contributed by atoms with Crippen LogP contribution in [0, 0.1) is 0 Å². The van der Waals surface area contributed by atoms with E-state index in [0.29, 0.717) is 12.8 Å². The molecule has 1 aliphatic rings. The standard InChI is InChI=1S/C14H16F2N6O2/c1-24-13(5-2-3-6-13)14(15,16)10(23)21-12-19-9-20-22(12)11-17-7-4-8-18-11/h4,7-9H,2-3,5-6H2,1H3,(H,19,20,21,23). The van der Waals surface area contributed by atoms with Gasteiger partial charge in [0, 0.05) is 19.5 Å². The van der Waals surface area contributed by atoms with Gasteiger partial charge in [0.05, 0.1) is 0 Å². The minimum atomic E-state index is -3.70. The van der Waals surface area contributed by atoms with Gasteiger partial charge in [0.15, 0.2) is 0 Å². The van der Waals surface area contributed by atoms with Crippen LogP contribution in [0.2, 0.25) is 0 Å². The van der Waals surface area contributed by atoms with Crippen molar-refractivity contribution < 1.29 is 18.3 Å².